The highest BCUT2D eigenvalue weighted by Crippen LogP contribution is 2.32. The number of halogens is 3. The lowest BCUT2D eigenvalue weighted by Crippen LogP contribution is -2.14. The molecule has 0 amide bonds. The number of alkyl halides is 3. The number of nitrogens with zero attached hydrogens (tertiary/aromatic N) is 2. The van der Waals surface area contributed by atoms with Gasteiger partial charge in [0, 0.05) is 29.8 Å². The fraction of sp³-hybridized carbons (Fsp3) is 0.125. The summed E-state index contributed by atoms with van der Waals surface area (Å²) in [4.78, 5) is 14.9. The molecule has 0 saturated heterocycles. The van der Waals surface area contributed by atoms with E-state index < -0.39 is 17.7 Å². The van der Waals surface area contributed by atoms with Crippen molar-refractivity contribution in [3.8, 4) is 0 Å². The first kappa shape index (κ1) is 15.1. The summed E-state index contributed by atoms with van der Waals surface area (Å²) in [6.45, 7) is -0.202. The summed E-state index contributed by atoms with van der Waals surface area (Å²) in [5, 5.41) is 9.98. The Labute approximate surface area is 128 Å². The molecule has 1 aromatic carbocycles. The van der Waals surface area contributed by atoms with E-state index in [9.17, 15) is 23.1 Å². The lowest BCUT2D eigenvalue weighted by atomic mass is 10.1. The monoisotopic (exact) mass is 320 g/mol. The van der Waals surface area contributed by atoms with Crippen LogP contribution in [-0.2, 0) is 12.7 Å². The van der Waals surface area contributed by atoms with E-state index in [1.54, 1.807) is 24.3 Å². The van der Waals surface area contributed by atoms with Gasteiger partial charge in [-0.1, -0.05) is 18.2 Å². The van der Waals surface area contributed by atoms with Crippen molar-refractivity contribution in [1.29, 1.82) is 0 Å². The van der Waals surface area contributed by atoms with Crippen molar-refractivity contribution < 1.29 is 23.1 Å². The van der Waals surface area contributed by atoms with Crippen LogP contribution in [-0.4, -0.2) is 20.6 Å². The van der Waals surface area contributed by atoms with E-state index in [2.05, 4.69) is 4.98 Å². The molecule has 0 atom stereocenters. The molecular weight excluding hydrogens is 309 g/mol. The van der Waals surface area contributed by atoms with Crippen LogP contribution in [0.1, 0.15) is 21.6 Å². The van der Waals surface area contributed by atoms with Crippen LogP contribution in [0.5, 0.6) is 0 Å². The average Bonchev–Trinajstić information content (AvgIpc) is 2.86. The van der Waals surface area contributed by atoms with Crippen LogP contribution in [0.25, 0.3) is 10.9 Å². The van der Waals surface area contributed by atoms with E-state index in [0.717, 1.165) is 6.20 Å². The Bertz CT molecular complexity index is 884. The molecule has 23 heavy (non-hydrogen) atoms. The molecule has 3 aromatic rings. The zero-order valence-corrected chi connectivity index (χ0v) is 11.7. The van der Waals surface area contributed by atoms with Crippen molar-refractivity contribution >= 4 is 16.9 Å². The second-order valence-corrected chi connectivity index (χ2v) is 5.01. The molecule has 0 spiro atoms. The normalized spacial score (nSPS) is 11.8. The molecule has 0 bridgehead atoms. The molecule has 0 aliphatic heterocycles. The number of benzene rings is 1. The van der Waals surface area contributed by atoms with E-state index in [-0.39, 0.29) is 17.8 Å². The van der Waals surface area contributed by atoms with Gasteiger partial charge in [-0.05, 0) is 23.8 Å². The third-order valence-corrected chi connectivity index (χ3v) is 3.57. The highest BCUT2D eigenvalue weighted by molar-refractivity contribution is 5.94. The van der Waals surface area contributed by atoms with Crippen LogP contribution in [0.15, 0.2) is 48.8 Å². The Kier molecular flexibility index (Phi) is 3.55. The lowest BCUT2D eigenvalue weighted by molar-refractivity contribution is -0.138. The predicted molar refractivity (Wildman–Crippen MR) is 77.2 cm³/mol. The highest BCUT2D eigenvalue weighted by atomic mass is 19.4. The quantitative estimate of drug-likeness (QED) is 0.798. The summed E-state index contributed by atoms with van der Waals surface area (Å²) >= 11 is 0. The van der Waals surface area contributed by atoms with Gasteiger partial charge in [0.05, 0.1) is 5.56 Å². The maximum absolute atomic E-state index is 13.1. The van der Waals surface area contributed by atoms with E-state index in [1.165, 1.54) is 22.9 Å². The molecule has 0 unspecified atom stereocenters. The Hall–Kier alpha value is -2.83. The molecule has 3 rings (SSSR count). The number of hydrogen-bond donors (Lipinski definition) is 1. The minimum absolute atomic E-state index is 0.0312. The van der Waals surface area contributed by atoms with Gasteiger partial charge in [0.15, 0.2) is 0 Å². The number of rotatable bonds is 3. The molecule has 118 valence electrons. The van der Waals surface area contributed by atoms with Crippen molar-refractivity contribution in [2.24, 2.45) is 0 Å². The van der Waals surface area contributed by atoms with Gasteiger partial charge in [-0.25, -0.2) is 4.79 Å². The second kappa shape index (κ2) is 5.42. The van der Waals surface area contributed by atoms with Gasteiger partial charge in [0.1, 0.15) is 5.69 Å². The zero-order chi connectivity index (χ0) is 16.6. The summed E-state index contributed by atoms with van der Waals surface area (Å²) < 4.78 is 40.6. The van der Waals surface area contributed by atoms with Crippen molar-refractivity contribution in [2.75, 3.05) is 0 Å². The first-order chi connectivity index (χ1) is 10.9. The Morgan fingerprint density at radius 3 is 2.65 bits per heavy atom. The number of aromatic nitrogens is 2. The van der Waals surface area contributed by atoms with Crippen molar-refractivity contribution in [3.05, 3.63) is 65.6 Å². The topological polar surface area (TPSA) is 55.1 Å². The Morgan fingerprint density at radius 2 is 1.96 bits per heavy atom. The number of pyridine rings is 1. The molecule has 1 N–H and O–H groups in total. The van der Waals surface area contributed by atoms with Gasteiger partial charge in [0.2, 0.25) is 0 Å². The van der Waals surface area contributed by atoms with Crippen LogP contribution < -0.4 is 0 Å². The standard InChI is InChI=1S/C16H11F3N2O2/c17-16(18,19)12-8-20-6-5-11(12)9-21-13-4-2-1-3-10(13)7-14(21)15(22)23/h1-8H,9H2,(H,22,23). The summed E-state index contributed by atoms with van der Waals surface area (Å²) in [5.74, 6) is -1.19. The lowest BCUT2D eigenvalue weighted by Gasteiger charge is -2.14. The fourth-order valence-electron chi connectivity index (χ4n) is 2.54. The van der Waals surface area contributed by atoms with Gasteiger partial charge < -0.3 is 9.67 Å². The van der Waals surface area contributed by atoms with Gasteiger partial charge >= 0.3 is 12.1 Å². The minimum Gasteiger partial charge on any atom is -0.477 e. The molecule has 0 radical (unpaired) electrons. The third-order valence-electron chi connectivity index (χ3n) is 3.57. The SMILES string of the molecule is O=C(O)c1cc2ccccc2n1Cc1ccncc1C(F)(F)F. The summed E-state index contributed by atoms with van der Waals surface area (Å²) in [7, 11) is 0. The number of para-hydroxylation sites is 1. The van der Waals surface area contributed by atoms with E-state index in [0.29, 0.717) is 10.9 Å². The summed E-state index contributed by atoms with van der Waals surface area (Å²) in [6.07, 6.45) is -2.53. The molecule has 7 heteroatoms. The number of carboxylic acids is 1. The van der Waals surface area contributed by atoms with Crippen LogP contribution in [0, 0.1) is 0 Å². The van der Waals surface area contributed by atoms with Gasteiger partial charge in [-0.2, -0.15) is 13.2 Å². The molecule has 0 aliphatic carbocycles. The molecule has 4 nitrogen and oxygen atoms in total. The highest BCUT2D eigenvalue weighted by Gasteiger charge is 2.33. The average molecular weight is 320 g/mol. The molecule has 2 heterocycles. The van der Waals surface area contributed by atoms with Crippen molar-refractivity contribution in [1.82, 2.24) is 9.55 Å². The summed E-state index contributed by atoms with van der Waals surface area (Å²) in [6, 6.07) is 9.55. The first-order valence-electron chi connectivity index (χ1n) is 6.69. The molecule has 0 fully saturated rings. The zero-order valence-electron chi connectivity index (χ0n) is 11.7. The van der Waals surface area contributed by atoms with Crippen molar-refractivity contribution in [2.45, 2.75) is 12.7 Å². The number of carbonyl (C=O) groups is 1. The van der Waals surface area contributed by atoms with Gasteiger partial charge in [0.25, 0.3) is 0 Å². The Balaban J connectivity index is 2.16. The summed E-state index contributed by atoms with van der Waals surface area (Å²) in [5.41, 5.74) is -0.392. The van der Waals surface area contributed by atoms with Gasteiger partial charge in [-0.3, -0.25) is 4.98 Å². The fourth-order valence-corrected chi connectivity index (χ4v) is 2.54. The smallest absolute Gasteiger partial charge is 0.418 e. The second-order valence-electron chi connectivity index (χ2n) is 5.01. The number of hydrogen-bond acceptors (Lipinski definition) is 2. The maximum atomic E-state index is 13.1. The number of fused-ring (bicyclic) bond motifs is 1. The Morgan fingerprint density at radius 1 is 1.22 bits per heavy atom. The van der Waals surface area contributed by atoms with Crippen LogP contribution in [0.4, 0.5) is 13.2 Å². The van der Waals surface area contributed by atoms with E-state index >= 15 is 0 Å². The van der Waals surface area contributed by atoms with E-state index in [1.807, 2.05) is 0 Å². The molecule has 0 aliphatic rings. The maximum Gasteiger partial charge on any atom is 0.418 e. The van der Waals surface area contributed by atoms with E-state index in [4.69, 9.17) is 0 Å². The van der Waals surface area contributed by atoms with Crippen LogP contribution in [0.3, 0.4) is 0 Å². The molecule has 2 aromatic heterocycles. The first-order valence-corrected chi connectivity index (χ1v) is 6.69. The molecule has 0 saturated carbocycles. The van der Waals surface area contributed by atoms with Crippen LogP contribution in [0.2, 0.25) is 0 Å². The van der Waals surface area contributed by atoms with Crippen LogP contribution >= 0.6 is 0 Å². The van der Waals surface area contributed by atoms with Crippen molar-refractivity contribution in [3.63, 3.8) is 0 Å². The predicted octanol–water partition coefficient (Wildman–Crippen LogP) is 3.80. The number of aromatic carboxylic acids is 1. The van der Waals surface area contributed by atoms with Gasteiger partial charge in [-0.15, -0.1) is 0 Å². The number of carboxylic acid groups (broad SMARTS) is 1. The molecular formula is C16H11F3N2O2. The minimum atomic E-state index is -4.55. The largest absolute Gasteiger partial charge is 0.477 e. The third kappa shape index (κ3) is 2.77.